The lowest BCUT2D eigenvalue weighted by atomic mass is 10.1. The molecular formula is C20H20N2O4S. The Morgan fingerprint density at radius 3 is 2.63 bits per heavy atom. The molecule has 0 saturated heterocycles. The number of hydrogen-bond acceptors (Lipinski definition) is 5. The fraction of sp³-hybridized carbons (Fsp3) is 0.250. The van der Waals surface area contributed by atoms with E-state index < -0.39 is 0 Å². The first kappa shape index (κ1) is 19.1. The smallest absolute Gasteiger partial charge is 0.261 e. The average molecular weight is 384 g/mol. The van der Waals surface area contributed by atoms with Gasteiger partial charge in [-0.05, 0) is 49.1 Å². The molecule has 7 heteroatoms. The first-order valence-electron chi connectivity index (χ1n) is 8.49. The van der Waals surface area contributed by atoms with E-state index in [1.54, 1.807) is 37.1 Å². The predicted octanol–water partition coefficient (Wildman–Crippen LogP) is 3.29. The first-order valence-corrected chi connectivity index (χ1v) is 9.72. The molecule has 3 rings (SSSR count). The normalized spacial score (nSPS) is 13.0. The molecule has 0 fully saturated rings. The second kappa shape index (κ2) is 8.37. The summed E-state index contributed by atoms with van der Waals surface area (Å²) in [7, 11) is 1.57. The largest absolute Gasteiger partial charge is 0.385 e. The van der Waals surface area contributed by atoms with Crippen LogP contribution in [0.4, 0.5) is 5.69 Å². The van der Waals surface area contributed by atoms with Crippen LogP contribution in [0.1, 0.15) is 37.5 Å². The molecule has 0 spiro atoms. The Labute approximate surface area is 161 Å². The van der Waals surface area contributed by atoms with Gasteiger partial charge in [0, 0.05) is 36.4 Å². The minimum absolute atomic E-state index is 0.267. The lowest BCUT2D eigenvalue weighted by Gasteiger charge is -2.12. The highest BCUT2D eigenvalue weighted by atomic mass is 32.2. The van der Waals surface area contributed by atoms with Crippen molar-refractivity contribution >= 4 is 35.2 Å². The van der Waals surface area contributed by atoms with Crippen LogP contribution in [0.2, 0.25) is 0 Å². The summed E-state index contributed by atoms with van der Waals surface area (Å²) in [5, 5.41) is 2.82. The van der Waals surface area contributed by atoms with Crippen molar-refractivity contribution in [3.05, 3.63) is 59.2 Å². The van der Waals surface area contributed by atoms with Crippen molar-refractivity contribution in [3.63, 3.8) is 0 Å². The standard InChI is InChI=1S/C20H20N2O4S/c1-26-10-4-9-22-19(24)16-8-7-13(11-17(16)20(22)25)18(23)21-14-5-3-6-15(12-14)27-2/h3,5-8,11-12H,4,9-10H2,1-2H3,(H,21,23). The van der Waals surface area contributed by atoms with Gasteiger partial charge in [-0.2, -0.15) is 0 Å². The van der Waals surface area contributed by atoms with Crippen molar-refractivity contribution in [1.82, 2.24) is 4.90 Å². The molecule has 1 aliphatic heterocycles. The second-order valence-corrected chi connectivity index (χ2v) is 6.93. The van der Waals surface area contributed by atoms with Crippen molar-refractivity contribution in [2.24, 2.45) is 0 Å². The Balaban J connectivity index is 1.77. The van der Waals surface area contributed by atoms with Gasteiger partial charge < -0.3 is 10.1 Å². The molecule has 1 N–H and O–H groups in total. The third-order valence-electron chi connectivity index (χ3n) is 4.29. The highest BCUT2D eigenvalue weighted by Gasteiger charge is 2.35. The van der Waals surface area contributed by atoms with E-state index in [0.717, 1.165) is 4.90 Å². The number of anilines is 1. The minimum Gasteiger partial charge on any atom is -0.385 e. The van der Waals surface area contributed by atoms with Gasteiger partial charge in [-0.1, -0.05) is 6.07 Å². The quantitative estimate of drug-likeness (QED) is 0.450. The van der Waals surface area contributed by atoms with E-state index in [0.29, 0.717) is 36.4 Å². The SMILES string of the molecule is COCCCN1C(=O)c2ccc(C(=O)Nc3cccc(SC)c3)cc2C1=O. The lowest BCUT2D eigenvalue weighted by Crippen LogP contribution is -2.31. The van der Waals surface area contributed by atoms with Crippen molar-refractivity contribution < 1.29 is 19.1 Å². The van der Waals surface area contributed by atoms with E-state index in [1.165, 1.54) is 11.0 Å². The summed E-state index contributed by atoms with van der Waals surface area (Å²) < 4.78 is 4.97. The van der Waals surface area contributed by atoms with Crippen LogP contribution < -0.4 is 5.32 Å². The maximum atomic E-state index is 12.5. The predicted molar refractivity (Wildman–Crippen MR) is 104 cm³/mol. The Morgan fingerprint density at radius 2 is 1.89 bits per heavy atom. The maximum Gasteiger partial charge on any atom is 0.261 e. The molecule has 0 aliphatic carbocycles. The van der Waals surface area contributed by atoms with E-state index in [4.69, 9.17) is 4.74 Å². The van der Waals surface area contributed by atoms with Crippen LogP contribution in [0.15, 0.2) is 47.4 Å². The molecule has 6 nitrogen and oxygen atoms in total. The second-order valence-electron chi connectivity index (χ2n) is 6.05. The molecule has 0 aromatic heterocycles. The molecule has 2 aromatic rings. The molecule has 140 valence electrons. The van der Waals surface area contributed by atoms with Gasteiger partial charge in [-0.15, -0.1) is 11.8 Å². The van der Waals surface area contributed by atoms with Gasteiger partial charge in [0.25, 0.3) is 17.7 Å². The Bertz CT molecular complexity index is 897. The van der Waals surface area contributed by atoms with Crippen LogP contribution in [-0.4, -0.2) is 49.1 Å². The van der Waals surface area contributed by atoms with Crippen LogP contribution in [0.25, 0.3) is 0 Å². The minimum atomic E-state index is -0.370. The molecule has 1 aliphatic rings. The van der Waals surface area contributed by atoms with E-state index in [2.05, 4.69) is 5.32 Å². The number of nitrogens with one attached hydrogen (secondary N) is 1. The van der Waals surface area contributed by atoms with Crippen molar-refractivity contribution in [3.8, 4) is 0 Å². The van der Waals surface area contributed by atoms with Crippen LogP contribution in [-0.2, 0) is 4.74 Å². The molecule has 27 heavy (non-hydrogen) atoms. The summed E-state index contributed by atoms with van der Waals surface area (Å²) >= 11 is 1.58. The van der Waals surface area contributed by atoms with E-state index in [1.807, 2.05) is 24.5 Å². The van der Waals surface area contributed by atoms with Crippen molar-refractivity contribution in [2.45, 2.75) is 11.3 Å². The Morgan fingerprint density at radius 1 is 1.11 bits per heavy atom. The fourth-order valence-corrected chi connectivity index (χ4v) is 3.37. The number of methoxy groups -OCH3 is 1. The van der Waals surface area contributed by atoms with E-state index in [-0.39, 0.29) is 23.3 Å². The summed E-state index contributed by atoms with van der Waals surface area (Å²) in [5.74, 6) is -1.02. The van der Waals surface area contributed by atoms with Gasteiger partial charge in [0.2, 0.25) is 0 Å². The molecule has 1 heterocycles. The number of imide groups is 1. The molecule has 2 aromatic carbocycles. The van der Waals surface area contributed by atoms with Crippen LogP contribution >= 0.6 is 11.8 Å². The zero-order chi connectivity index (χ0) is 19.4. The maximum absolute atomic E-state index is 12.5. The zero-order valence-corrected chi connectivity index (χ0v) is 16.0. The van der Waals surface area contributed by atoms with Crippen LogP contribution in [0.3, 0.4) is 0 Å². The van der Waals surface area contributed by atoms with Crippen LogP contribution in [0.5, 0.6) is 0 Å². The Kier molecular flexibility index (Phi) is 5.93. The van der Waals surface area contributed by atoms with E-state index >= 15 is 0 Å². The topological polar surface area (TPSA) is 75.7 Å². The zero-order valence-electron chi connectivity index (χ0n) is 15.2. The Hall–Kier alpha value is -2.64. The van der Waals surface area contributed by atoms with E-state index in [9.17, 15) is 14.4 Å². The van der Waals surface area contributed by atoms with Crippen molar-refractivity contribution in [2.75, 3.05) is 31.8 Å². The highest BCUT2D eigenvalue weighted by molar-refractivity contribution is 7.98. The molecule has 0 bridgehead atoms. The monoisotopic (exact) mass is 384 g/mol. The number of carbonyl (C=O) groups excluding carboxylic acids is 3. The average Bonchev–Trinajstić information content (AvgIpc) is 2.92. The van der Waals surface area contributed by atoms with Gasteiger partial charge >= 0.3 is 0 Å². The number of rotatable bonds is 7. The lowest BCUT2D eigenvalue weighted by molar-refractivity contribution is 0.0638. The molecule has 0 saturated carbocycles. The highest BCUT2D eigenvalue weighted by Crippen LogP contribution is 2.25. The number of carbonyl (C=O) groups is 3. The third-order valence-corrected chi connectivity index (χ3v) is 5.02. The van der Waals surface area contributed by atoms with Crippen LogP contribution in [0, 0.1) is 0 Å². The summed E-state index contributed by atoms with van der Waals surface area (Å²) in [6.45, 7) is 0.763. The molecular weight excluding hydrogens is 364 g/mol. The summed E-state index contributed by atoms with van der Waals surface area (Å²) in [4.78, 5) is 39.7. The number of thioether (sulfide) groups is 1. The van der Waals surface area contributed by atoms with Gasteiger partial charge in [-0.25, -0.2) is 0 Å². The third kappa shape index (κ3) is 4.04. The number of benzene rings is 2. The molecule has 3 amide bonds. The van der Waals surface area contributed by atoms with Gasteiger partial charge in [0.05, 0.1) is 11.1 Å². The number of nitrogens with zero attached hydrogens (tertiary/aromatic N) is 1. The van der Waals surface area contributed by atoms with Gasteiger partial charge in [0.15, 0.2) is 0 Å². The summed E-state index contributed by atoms with van der Waals surface area (Å²) in [6.07, 6.45) is 2.53. The molecule has 0 radical (unpaired) electrons. The fourth-order valence-electron chi connectivity index (χ4n) is 2.91. The van der Waals surface area contributed by atoms with Gasteiger partial charge in [-0.3, -0.25) is 19.3 Å². The number of hydrogen-bond donors (Lipinski definition) is 1. The molecule has 0 atom stereocenters. The first-order chi connectivity index (χ1) is 13.0. The number of fused-ring (bicyclic) bond motifs is 1. The van der Waals surface area contributed by atoms with Gasteiger partial charge in [0.1, 0.15) is 0 Å². The summed E-state index contributed by atoms with van der Waals surface area (Å²) in [5.41, 5.74) is 1.61. The number of ether oxygens (including phenoxy) is 1. The summed E-state index contributed by atoms with van der Waals surface area (Å²) in [6, 6.07) is 12.1. The molecule has 0 unspecified atom stereocenters. The van der Waals surface area contributed by atoms with Crippen molar-refractivity contribution in [1.29, 1.82) is 0 Å². The number of amides is 3.